The van der Waals surface area contributed by atoms with Gasteiger partial charge in [0.25, 0.3) is 0 Å². The molecule has 0 radical (unpaired) electrons. The molecule has 0 aromatic heterocycles. The molecule has 0 amide bonds. The molecule has 0 bridgehead atoms. The van der Waals surface area contributed by atoms with Gasteiger partial charge < -0.3 is 10.4 Å². The number of hydrogen-bond acceptors (Lipinski definition) is 3. The Balaban J connectivity index is 1.94. The third-order valence-electron chi connectivity index (χ3n) is 4.09. The van der Waals surface area contributed by atoms with Crippen molar-refractivity contribution in [3.8, 4) is 0 Å². The number of hydrogen-bond donors (Lipinski definition) is 2. The summed E-state index contributed by atoms with van der Waals surface area (Å²) in [5, 5.41) is 13.6. The number of benzene rings is 1. The maximum Gasteiger partial charge on any atom is 0.0707 e. The average molecular weight is 262 g/mol. The van der Waals surface area contributed by atoms with Crippen molar-refractivity contribution in [2.24, 2.45) is 0 Å². The van der Waals surface area contributed by atoms with Crippen molar-refractivity contribution in [2.45, 2.75) is 33.3 Å². The maximum atomic E-state index is 10.3. The van der Waals surface area contributed by atoms with E-state index < -0.39 is 0 Å². The zero-order valence-electron chi connectivity index (χ0n) is 12.4. The Morgan fingerprint density at radius 1 is 1.11 bits per heavy atom. The molecule has 19 heavy (non-hydrogen) atoms. The first-order chi connectivity index (χ1) is 9.06. The SMILES string of the molecule is Cc1cc(C)c(CC(O)CN2CCNCC2)cc1C. The molecule has 1 aromatic rings. The number of nitrogens with one attached hydrogen (secondary N) is 1. The lowest BCUT2D eigenvalue weighted by Gasteiger charge is -2.29. The summed E-state index contributed by atoms with van der Waals surface area (Å²) >= 11 is 0. The average Bonchev–Trinajstić information content (AvgIpc) is 2.37. The van der Waals surface area contributed by atoms with Gasteiger partial charge in [-0.3, -0.25) is 4.90 Å². The fourth-order valence-electron chi connectivity index (χ4n) is 2.75. The molecule has 3 heteroatoms. The highest BCUT2D eigenvalue weighted by atomic mass is 16.3. The van der Waals surface area contributed by atoms with Crippen molar-refractivity contribution in [1.29, 1.82) is 0 Å². The van der Waals surface area contributed by atoms with Gasteiger partial charge in [0, 0.05) is 32.7 Å². The van der Waals surface area contributed by atoms with Crippen LogP contribution in [-0.2, 0) is 6.42 Å². The first kappa shape index (κ1) is 14.5. The van der Waals surface area contributed by atoms with Gasteiger partial charge in [0.05, 0.1) is 6.10 Å². The molecule has 1 fully saturated rings. The van der Waals surface area contributed by atoms with E-state index in [2.05, 4.69) is 43.1 Å². The molecule has 0 aliphatic carbocycles. The molecule has 106 valence electrons. The molecule has 1 saturated heterocycles. The van der Waals surface area contributed by atoms with Gasteiger partial charge in [0.2, 0.25) is 0 Å². The van der Waals surface area contributed by atoms with E-state index >= 15 is 0 Å². The topological polar surface area (TPSA) is 35.5 Å². The van der Waals surface area contributed by atoms with Crippen molar-refractivity contribution in [3.63, 3.8) is 0 Å². The standard InChI is InChI=1S/C16H26N2O/c1-12-8-14(3)15(9-13(12)2)10-16(19)11-18-6-4-17-5-7-18/h8-9,16-17,19H,4-7,10-11H2,1-3H3. The molecule has 1 aromatic carbocycles. The van der Waals surface area contributed by atoms with Crippen molar-refractivity contribution in [2.75, 3.05) is 32.7 Å². The third-order valence-corrected chi connectivity index (χ3v) is 4.09. The lowest BCUT2D eigenvalue weighted by Crippen LogP contribution is -2.46. The van der Waals surface area contributed by atoms with Crippen LogP contribution in [0.3, 0.4) is 0 Å². The van der Waals surface area contributed by atoms with Gasteiger partial charge in [-0.15, -0.1) is 0 Å². The van der Waals surface area contributed by atoms with Crippen molar-refractivity contribution in [3.05, 3.63) is 34.4 Å². The lowest BCUT2D eigenvalue weighted by molar-refractivity contribution is 0.105. The molecule has 0 saturated carbocycles. The minimum Gasteiger partial charge on any atom is -0.391 e. The largest absolute Gasteiger partial charge is 0.391 e. The number of aliphatic hydroxyl groups excluding tert-OH is 1. The Bertz CT molecular complexity index is 425. The number of nitrogens with zero attached hydrogens (tertiary/aromatic N) is 1. The molecular formula is C16H26N2O. The zero-order valence-corrected chi connectivity index (χ0v) is 12.4. The summed E-state index contributed by atoms with van der Waals surface area (Å²) in [7, 11) is 0. The first-order valence-corrected chi connectivity index (χ1v) is 7.24. The Morgan fingerprint density at radius 2 is 1.74 bits per heavy atom. The number of rotatable bonds is 4. The highest BCUT2D eigenvalue weighted by Gasteiger charge is 2.15. The molecule has 2 rings (SSSR count). The van der Waals surface area contributed by atoms with Crippen molar-refractivity contribution >= 4 is 0 Å². The normalized spacial score (nSPS) is 18.5. The van der Waals surface area contributed by atoms with Gasteiger partial charge in [-0.2, -0.15) is 0 Å². The van der Waals surface area contributed by atoms with E-state index in [1.165, 1.54) is 22.3 Å². The van der Waals surface area contributed by atoms with Gasteiger partial charge >= 0.3 is 0 Å². The summed E-state index contributed by atoms with van der Waals surface area (Å²) in [6, 6.07) is 4.45. The highest BCUT2D eigenvalue weighted by Crippen LogP contribution is 2.17. The predicted molar refractivity (Wildman–Crippen MR) is 79.7 cm³/mol. The molecule has 1 unspecified atom stereocenters. The summed E-state index contributed by atoms with van der Waals surface area (Å²) in [6.07, 6.45) is 0.496. The third kappa shape index (κ3) is 4.03. The number of β-amino-alcohol motifs (C(OH)–C–C–N with tert-alkyl or cyclic N) is 1. The van der Waals surface area contributed by atoms with Gasteiger partial charge in [0.1, 0.15) is 0 Å². The Labute approximate surface area is 116 Å². The van der Waals surface area contributed by atoms with E-state index in [-0.39, 0.29) is 6.10 Å². The van der Waals surface area contributed by atoms with Crippen LogP contribution >= 0.6 is 0 Å². The molecule has 1 heterocycles. The Hall–Kier alpha value is -0.900. The van der Waals surface area contributed by atoms with Gasteiger partial charge in [-0.05, 0) is 49.4 Å². The fourth-order valence-corrected chi connectivity index (χ4v) is 2.75. The number of aryl methyl sites for hydroxylation is 3. The number of aliphatic hydroxyl groups is 1. The Morgan fingerprint density at radius 3 is 2.42 bits per heavy atom. The second kappa shape index (κ2) is 6.51. The van der Waals surface area contributed by atoms with Crippen LogP contribution in [0.2, 0.25) is 0 Å². The first-order valence-electron chi connectivity index (χ1n) is 7.24. The molecular weight excluding hydrogens is 236 g/mol. The molecule has 1 aliphatic heterocycles. The summed E-state index contributed by atoms with van der Waals surface area (Å²) < 4.78 is 0. The zero-order chi connectivity index (χ0) is 13.8. The van der Waals surface area contributed by atoms with Gasteiger partial charge in [-0.1, -0.05) is 12.1 Å². The van der Waals surface area contributed by atoms with Gasteiger partial charge in [0.15, 0.2) is 0 Å². The summed E-state index contributed by atoms with van der Waals surface area (Å²) in [4.78, 5) is 2.34. The highest BCUT2D eigenvalue weighted by molar-refractivity contribution is 5.36. The second-order valence-electron chi connectivity index (χ2n) is 5.77. The van der Waals surface area contributed by atoms with Crippen LogP contribution in [0.5, 0.6) is 0 Å². The monoisotopic (exact) mass is 262 g/mol. The van der Waals surface area contributed by atoms with E-state index in [4.69, 9.17) is 0 Å². The van der Waals surface area contributed by atoms with E-state index in [9.17, 15) is 5.11 Å². The van der Waals surface area contributed by atoms with Crippen molar-refractivity contribution in [1.82, 2.24) is 10.2 Å². The summed E-state index contributed by atoms with van der Waals surface area (Å²) in [5.41, 5.74) is 5.22. The maximum absolute atomic E-state index is 10.3. The van der Waals surface area contributed by atoms with Crippen LogP contribution in [0.1, 0.15) is 22.3 Å². The molecule has 1 aliphatic rings. The van der Waals surface area contributed by atoms with Crippen LogP contribution in [0.25, 0.3) is 0 Å². The molecule has 1 atom stereocenters. The Kier molecular flexibility index (Phi) is 4.97. The quantitative estimate of drug-likeness (QED) is 0.861. The van der Waals surface area contributed by atoms with E-state index in [0.717, 1.165) is 39.1 Å². The molecule has 2 N–H and O–H groups in total. The summed E-state index contributed by atoms with van der Waals surface area (Å²) in [5.74, 6) is 0. The van der Waals surface area contributed by atoms with E-state index in [1.54, 1.807) is 0 Å². The van der Waals surface area contributed by atoms with Crippen LogP contribution in [0.15, 0.2) is 12.1 Å². The molecule has 0 spiro atoms. The minimum atomic E-state index is -0.265. The predicted octanol–water partition coefficient (Wildman–Crippen LogP) is 1.42. The van der Waals surface area contributed by atoms with Crippen LogP contribution in [0, 0.1) is 20.8 Å². The van der Waals surface area contributed by atoms with Crippen LogP contribution in [0.4, 0.5) is 0 Å². The van der Waals surface area contributed by atoms with Crippen molar-refractivity contribution < 1.29 is 5.11 Å². The lowest BCUT2D eigenvalue weighted by atomic mass is 9.96. The molecule has 3 nitrogen and oxygen atoms in total. The van der Waals surface area contributed by atoms with E-state index in [0.29, 0.717) is 0 Å². The second-order valence-corrected chi connectivity index (χ2v) is 5.77. The van der Waals surface area contributed by atoms with Crippen LogP contribution in [-0.4, -0.2) is 48.8 Å². The smallest absolute Gasteiger partial charge is 0.0707 e. The van der Waals surface area contributed by atoms with Gasteiger partial charge in [-0.25, -0.2) is 0 Å². The van der Waals surface area contributed by atoms with Crippen LogP contribution < -0.4 is 5.32 Å². The minimum absolute atomic E-state index is 0.265. The summed E-state index contributed by atoms with van der Waals surface area (Å²) in [6.45, 7) is 11.4. The van der Waals surface area contributed by atoms with E-state index in [1.807, 2.05) is 0 Å². The fraction of sp³-hybridized carbons (Fsp3) is 0.625. The number of piperazine rings is 1.